The molecule has 2 rings (SSSR count). The molecular weight excluding hydrogens is 785 g/mol. The molecule has 14 unspecified atom stereocenters. The van der Waals surface area contributed by atoms with Crippen LogP contribution in [-0.4, -0.2) is 149 Å². The lowest BCUT2D eigenvalue weighted by atomic mass is 9.91. The van der Waals surface area contributed by atoms with Crippen molar-refractivity contribution in [3.63, 3.8) is 0 Å². The largest absolute Gasteiger partial charge is 0.400 e. The predicted octanol–water partition coefficient (Wildman–Crippen LogP) is 7.16. The molecule has 0 spiro atoms. The van der Waals surface area contributed by atoms with Crippen molar-refractivity contribution in [3.05, 3.63) is 47.6 Å². The van der Waals surface area contributed by atoms with Gasteiger partial charge in [0.05, 0.1) is 36.6 Å². The van der Waals surface area contributed by atoms with Crippen LogP contribution in [0, 0.1) is 23.7 Å². The van der Waals surface area contributed by atoms with Crippen LogP contribution in [-0.2, 0) is 33.2 Å². The molecule has 0 radical (unpaired) electrons. The summed E-state index contributed by atoms with van der Waals surface area (Å²) in [4.78, 5) is 0. The lowest BCUT2D eigenvalue weighted by Crippen LogP contribution is -2.41. The molecule has 0 bridgehead atoms. The van der Waals surface area contributed by atoms with Crippen molar-refractivity contribution in [2.24, 2.45) is 23.7 Å². The van der Waals surface area contributed by atoms with Gasteiger partial charge in [0.25, 0.3) is 0 Å². The molecule has 13 nitrogen and oxygen atoms in total. The minimum Gasteiger partial charge on any atom is -0.400 e. The molecule has 61 heavy (non-hydrogen) atoms. The van der Waals surface area contributed by atoms with Gasteiger partial charge in [-0.25, -0.2) is 0 Å². The second kappa shape index (κ2) is 40.0. The molecule has 6 N–H and O–H groups in total. The third kappa shape index (κ3) is 26.1. The summed E-state index contributed by atoms with van der Waals surface area (Å²) in [6.45, 7) is 16.8. The average Bonchev–Trinajstić information content (AvgIpc) is 3.29. The molecule has 0 saturated carbocycles. The van der Waals surface area contributed by atoms with Crippen molar-refractivity contribution in [1.82, 2.24) is 0 Å². The normalized spacial score (nSPS) is 26.1. The third-order valence-electron chi connectivity index (χ3n) is 11.7. The van der Waals surface area contributed by atoms with E-state index in [0.717, 1.165) is 90.3 Å². The van der Waals surface area contributed by atoms with Crippen molar-refractivity contribution >= 4 is 0 Å². The number of rotatable bonds is 23. The summed E-state index contributed by atoms with van der Waals surface area (Å²) in [7, 11) is 11.5. The topological polar surface area (TPSA) is 186 Å². The van der Waals surface area contributed by atoms with Gasteiger partial charge in [-0.3, -0.25) is 0 Å². The van der Waals surface area contributed by atoms with Gasteiger partial charge in [0.15, 0.2) is 12.6 Å². The van der Waals surface area contributed by atoms with Crippen LogP contribution in [0.4, 0.5) is 0 Å². The first-order chi connectivity index (χ1) is 29.2. The zero-order valence-corrected chi connectivity index (χ0v) is 41.2. The lowest BCUT2D eigenvalue weighted by Gasteiger charge is -2.35. The number of methoxy groups -OCH3 is 5. The summed E-state index contributed by atoms with van der Waals surface area (Å²) >= 11 is 0. The second-order valence-corrected chi connectivity index (χ2v) is 15.9. The van der Waals surface area contributed by atoms with E-state index in [9.17, 15) is 15.3 Å². The Balaban J connectivity index is -0.000000982. The van der Waals surface area contributed by atoms with Crippen molar-refractivity contribution in [3.8, 4) is 0 Å². The number of allylic oxidation sites excluding steroid dienone is 4. The summed E-state index contributed by atoms with van der Waals surface area (Å²) in [5, 5.41) is 51.7. The summed E-state index contributed by atoms with van der Waals surface area (Å²) in [6.07, 6.45) is 19.3. The van der Waals surface area contributed by atoms with Crippen LogP contribution in [0.5, 0.6) is 0 Å². The first-order valence-electron chi connectivity index (χ1n) is 22.2. The number of hydrogen-bond donors (Lipinski definition) is 6. The quantitative estimate of drug-likeness (QED) is 0.0569. The van der Waals surface area contributed by atoms with E-state index in [1.807, 2.05) is 38.2 Å². The molecule has 2 aliphatic heterocycles. The molecule has 2 aliphatic rings. The van der Waals surface area contributed by atoms with Crippen molar-refractivity contribution < 1.29 is 63.8 Å². The number of ether oxygens (including phenoxy) is 7. The van der Waals surface area contributed by atoms with Gasteiger partial charge in [0.1, 0.15) is 12.2 Å². The van der Waals surface area contributed by atoms with E-state index in [-0.39, 0.29) is 60.9 Å². The van der Waals surface area contributed by atoms with Crippen molar-refractivity contribution in [2.75, 3.05) is 56.9 Å². The highest BCUT2D eigenvalue weighted by Crippen LogP contribution is 2.28. The van der Waals surface area contributed by atoms with Crippen LogP contribution in [0.15, 0.2) is 47.6 Å². The fourth-order valence-electron chi connectivity index (χ4n) is 7.50. The molecule has 0 aromatic carbocycles. The van der Waals surface area contributed by atoms with Crippen LogP contribution in [0.3, 0.4) is 0 Å². The van der Waals surface area contributed by atoms with Gasteiger partial charge in [0.2, 0.25) is 0 Å². The molecule has 0 aromatic heterocycles. The minimum atomic E-state index is -0.558. The molecule has 0 aliphatic carbocycles. The fraction of sp³-hybridized carbons (Fsp3) is 0.833. The third-order valence-corrected chi connectivity index (χ3v) is 11.7. The molecule has 0 amide bonds. The lowest BCUT2D eigenvalue weighted by molar-refractivity contribution is -0.220. The van der Waals surface area contributed by atoms with Crippen molar-refractivity contribution in [2.45, 2.75) is 181 Å². The molecular formula is C48H94O13. The molecule has 2 heterocycles. The van der Waals surface area contributed by atoms with Gasteiger partial charge in [-0.05, 0) is 94.6 Å². The predicted molar refractivity (Wildman–Crippen MR) is 246 cm³/mol. The Bertz CT molecular complexity index is 1110. The Morgan fingerprint density at radius 2 is 1.07 bits per heavy atom. The maximum Gasteiger partial charge on any atom is 0.183 e. The van der Waals surface area contributed by atoms with E-state index in [2.05, 4.69) is 53.7 Å². The average molecular weight is 879 g/mol. The van der Waals surface area contributed by atoms with Crippen LogP contribution in [0.1, 0.15) is 120 Å². The van der Waals surface area contributed by atoms with Gasteiger partial charge in [0, 0.05) is 75.1 Å². The molecule has 2 saturated heterocycles. The Kier molecular flexibility index (Phi) is 41.8. The Morgan fingerprint density at radius 3 is 1.46 bits per heavy atom. The van der Waals surface area contributed by atoms with Gasteiger partial charge in [-0.15, -0.1) is 0 Å². The molecule has 364 valence electrons. The van der Waals surface area contributed by atoms with Gasteiger partial charge in [-0.1, -0.05) is 78.0 Å². The second-order valence-electron chi connectivity index (χ2n) is 15.9. The fourth-order valence-corrected chi connectivity index (χ4v) is 7.50. The molecule has 0 aromatic rings. The first kappa shape index (κ1) is 63.7. The Hall–Kier alpha value is -1.56. The highest BCUT2D eigenvalue weighted by atomic mass is 16.7. The van der Waals surface area contributed by atoms with Gasteiger partial charge in [-0.2, -0.15) is 0 Å². The van der Waals surface area contributed by atoms with Gasteiger partial charge >= 0.3 is 0 Å². The highest BCUT2D eigenvalue weighted by molar-refractivity contribution is 5.18. The minimum absolute atomic E-state index is 0.0379. The van der Waals surface area contributed by atoms with E-state index in [4.69, 9.17) is 48.5 Å². The Morgan fingerprint density at radius 1 is 0.607 bits per heavy atom. The van der Waals surface area contributed by atoms with Crippen molar-refractivity contribution in [1.29, 1.82) is 0 Å². The summed E-state index contributed by atoms with van der Waals surface area (Å²) in [5.41, 5.74) is 2.20. The van der Waals surface area contributed by atoms with Gasteiger partial charge < -0.3 is 63.8 Å². The highest BCUT2D eigenvalue weighted by Gasteiger charge is 2.33. The number of aliphatic hydroxyl groups is 6. The first-order valence-corrected chi connectivity index (χ1v) is 22.2. The van der Waals surface area contributed by atoms with E-state index in [0.29, 0.717) is 18.3 Å². The van der Waals surface area contributed by atoms with Crippen LogP contribution >= 0.6 is 0 Å². The number of aliphatic hydroxyl groups excluding tert-OH is 6. The molecule has 2 fully saturated rings. The van der Waals surface area contributed by atoms with E-state index >= 15 is 0 Å². The maximum absolute atomic E-state index is 10.5. The van der Waals surface area contributed by atoms with Crippen LogP contribution < -0.4 is 0 Å². The number of hydrogen-bond acceptors (Lipinski definition) is 13. The maximum atomic E-state index is 10.5. The summed E-state index contributed by atoms with van der Waals surface area (Å²) in [6, 6.07) is 0. The SMILES string of the molecule is CCC(OC)C(C)CCC(O)C(C)/C=C/C=C(\C)C1CCC(O)C(OC)O1.CCC(OC)C(C)CCC(O)C(C)/C=C/C=C(\C)C1OC(OC)CCC1OC.CO.CO.CO. The zero-order chi connectivity index (χ0) is 47.5. The van der Waals surface area contributed by atoms with E-state index in [1.54, 1.807) is 35.5 Å². The summed E-state index contributed by atoms with van der Waals surface area (Å²) < 4.78 is 38.9. The van der Waals surface area contributed by atoms with Crippen LogP contribution in [0.2, 0.25) is 0 Å². The van der Waals surface area contributed by atoms with E-state index < -0.39 is 12.4 Å². The van der Waals surface area contributed by atoms with Crippen LogP contribution in [0.25, 0.3) is 0 Å². The standard InChI is InChI=1S/C23H42O5.C22H40O5.3CH4O/c1-8-20(25-5)17(3)12-13-19(24)16(2)10-9-11-18(4)23-21(26-6)14-15-22(27-7)28-23;1-7-20(25-5)17(4)11-12-18(23)15(2)9-8-10-16(3)21-14-13-19(24)22(26-6)27-21;3*1-2/h9-11,16-17,19-24H,8,12-15H2,1-7H3;8-10,15,17-24H,7,11-14H2,1-6H3;3*2H,1H3/b10-9+,18-11+;9-8+,16-10+;;;. The Labute approximate surface area is 372 Å². The zero-order valence-electron chi connectivity index (χ0n) is 41.2. The molecule has 14 atom stereocenters. The van der Waals surface area contributed by atoms with E-state index in [1.165, 1.54) is 0 Å². The molecule has 13 heteroatoms. The summed E-state index contributed by atoms with van der Waals surface area (Å²) in [5.74, 6) is 1.08. The monoisotopic (exact) mass is 879 g/mol. The smallest absolute Gasteiger partial charge is 0.183 e.